The summed E-state index contributed by atoms with van der Waals surface area (Å²) < 4.78 is 12.5. The summed E-state index contributed by atoms with van der Waals surface area (Å²) in [7, 11) is 0. The average Bonchev–Trinajstić information content (AvgIpc) is 3.72. The van der Waals surface area contributed by atoms with Crippen molar-refractivity contribution in [3.05, 3.63) is 127 Å². The number of benzene rings is 5. The summed E-state index contributed by atoms with van der Waals surface area (Å²) in [6.07, 6.45) is 5.94. The molecule has 0 saturated heterocycles. The molecular formula is C38H23N3O2. The van der Waals surface area contributed by atoms with Crippen LogP contribution in [-0.4, -0.2) is 4.98 Å². The zero-order valence-corrected chi connectivity index (χ0v) is 23.0. The van der Waals surface area contributed by atoms with Crippen molar-refractivity contribution in [2.24, 2.45) is 0 Å². The second-order valence-electron chi connectivity index (χ2n) is 11.2. The predicted molar refractivity (Wildman–Crippen MR) is 174 cm³/mol. The molecule has 5 heteroatoms. The summed E-state index contributed by atoms with van der Waals surface area (Å²) >= 11 is 0. The highest BCUT2D eigenvalue weighted by Crippen LogP contribution is 2.51. The first-order valence-corrected chi connectivity index (χ1v) is 14.5. The lowest BCUT2D eigenvalue weighted by molar-refractivity contribution is 0.532. The molecule has 10 rings (SSSR count). The van der Waals surface area contributed by atoms with Gasteiger partial charge in [0.25, 0.3) is 0 Å². The molecule has 43 heavy (non-hydrogen) atoms. The molecule has 8 aromatic rings. The van der Waals surface area contributed by atoms with Gasteiger partial charge < -0.3 is 19.1 Å². The van der Waals surface area contributed by atoms with Crippen molar-refractivity contribution in [3.63, 3.8) is 0 Å². The number of hydrogen-bond donors (Lipinski definition) is 1. The summed E-state index contributed by atoms with van der Waals surface area (Å²) in [5.41, 5.74) is 12.7. The van der Waals surface area contributed by atoms with Crippen molar-refractivity contribution in [1.82, 2.24) is 10.3 Å². The van der Waals surface area contributed by atoms with Gasteiger partial charge in [-0.2, -0.15) is 0 Å². The normalized spacial score (nSPS) is 13.1. The summed E-state index contributed by atoms with van der Waals surface area (Å²) in [5, 5.41) is 7.90. The Balaban J connectivity index is 1.30. The van der Waals surface area contributed by atoms with Gasteiger partial charge in [0.1, 0.15) is 22.4 Å². The highest BCUT2D eigenvalue weighted by atomic mass is 16.3. The van der Waals surface area contributed by atoms with Crippen LogP contribution in [0, 0.1) is 0 Å². The SMILES string of the molecule is C1=Cc2c(oc3cccc(N(c4cc5c6c(cccc6c4)-c4ccccc4-5)c4ccc5oc6cccnc6c5c4)c23)CN1. The van der Waals surface area contributed by atoms with E-state index >= 15 is 0 Å². The molecule has 0 atom stereocenters. The first kappa shape index (κ1) is 22.8. The Hall–Kier alpha value is -5.81. The van der Waals surface area contributed by atoms with Crippen LogP contribution in [0.1, 0.15) is 11.3 Å². The Labute approximate surface area is 246 Å². The molecule has 0 saturated carbocycles. The van der Waals surface area contributed by atoms with E-state index < -0.39 is 0 Å². The summed E-state index contributed by atoms with van der Waals surface area (Å²) in [4.78, 5) is 7.03. The lowest BCUT2D eigenvalue weighted by Gasteiger charge is -2.27. The number of furan rings is 2. The zero-order valence-electron chi connectivity index (χ0n) is 23.0. The van der Waals surface area contributed by atoms with Gasteiger partial charge in [-0.1, -0.05) is 48.5 Å². The van der Waals surface area contributed by atoms with Crippen LogP contribution in [0.2, 0.25) is 0 Å². The Kier molecular flexibility index (Phi) is 4.44. The Morgan fingerprint density at radius 2 is 1.51 bits per heavy atom. The standard InChI is InChI=1S/C38H23N3O2/c1-2-8-26-25(7-1)27-9-3-6-22-18-24(20-29(26)36(22)27)41(23-13-14-32-30(19-23)38-34(42-32)12-5-16-40-38)31-10-4-11-33-37(31)28-15-17-39-21-35(28)43-33/h1-20,39H,21H2. The third kappa shape index (κ3) is 3.13. The number of anilines is 3. The van der Waals surface area contributed by atoms with Gasteiger partial charge in [0.2, 0.25) is 0 Å². The van der Waals surface area contributed by atoms with Crippen molar-refractivity contribution >= 4 is 66.9 Å². The van der Waals surface area contributed by atoms with Crippen LogP contribution in [0.5, 0.6) is 0 Å². The van der Waals surface area contributed by atoms with Gasteiger partial charge in [-0.3, -0.25) is 4.98 Å². The number of aromatic nitrogens is 1. The van der Waals surface area contributed by atoms with Gasteiger partial charge in [-0.15, -0.1) is 0 Å². The van der Waals surface area contributed by atoms with Crippen molar-refractivity contribution in [3.8, 4) is 22.3 Å². The van der Waals surface area contributed by atoms with E-state index in [9.17, 15) is 0 Å². The van der Waals surface area contributed by atoms with Crippen LogP contribution in [0.15, 0.2) is 124 Å². The van der Waals surface area contributed by atoms with Crippen LogP contribution < -0.4 is 10.2 Å². The number of fused-ring (bicyclic) bond motifs is 9. The lowest BCUT2D eigenvalue weighted by atomic mass is 10.00. The maximum atomic E-state index is 6.37. The number of hydrogen-bond acceptors (Lipinski definition) is 5. The van der Waals surface area contributed by atoms with E-state index in [4.69, 9.17) is 8.83 Å². The van der Waals surface area contributed by atoms with E-state index in [2.05, 4.69) is 112 Å². The van der Waals surface area contributed by atoms with Gasteiger partial charge >= 0.3 is 0 Å². The fourth-order valence-electron chi connectivity index (χ4n) is 7.07. The van der Waals surface area contributed by atoms with Crippen LogP contribution >= 0.6 is 0 Å². The second-order valence-corrected chi connectivity index (χ2v) is 11.2. The van der Waals surface area contributed by atoms with Gasteiger partial charge in [0.05, 0.1) is 17.6 Å². The minimum absolute atomic E-state index is 0.665. The molecule has 0 radical (unpaired) electrons. The second kappa shape index (κ2) is 8.37. The van der Waals surface area contributed by atoms with E-state index in [1.54, 1.807) is 0 Å². The topological polar surface area (TPSA) is 54.4 Å². The van der Waals surface area contributed by atoms with Crippen molar-refractivity contribution in [2.45, 2.75) is 6.54 Å². The number of nitrogens with zero attached hydrogens (tertiary/aromatic N) is 2. The highest BCUT2D eigenvalue weighted by molar-refractivity contribution is 6.17. The van der Waals surface area contributed by atoms with Gasteiger partial charge in [0.15, 0.2) is 5.58 Å². The Bertz CT molecular complexity index is 2480. The molecule has 1 N–H and O–H groups in total. The molecule has 0 spiro atoms. The molecule has 1 aliphatic heterocycles. The Morgan fingerprint density at radius 1 is 0.651 bits per heavy atom. The molecule has 0 unspecified atom stereocenters. The predicted octanol–water partition coefficient (Wildman–Crippen LogP) is 10.1. The van der Waals surface area contributed by atoms with Gasteiger partial charge in [-0.25, -0.2) is 0 Å². The van der Waals surface area contributed by atoms with Crippen molar-refractivity contribution in [2.75, 3.05) is 4.90 Å². The zero-order chi connectivity index (χ0) is 28.1. The largest absolute Gasteiger partial charge is 0.458 e. The molecule has 4 heterocycles. The van der Waals surface area contributed by atoms with Crippen LogP contribution in [-0.2, 0) is 6.54 Å². The first-order valence-electron chi connectivity index (χ1n) is 14.5. The molecule has 5 nitrogen and oxygen atoms in total. The van der Waals surface area contributed by atoms with Crippen LogP contribution in [0.25, 0.3) is 72.1 Å². The molecule has 0 amide bonds. The van der Waals surface area contributed by atoms with Gasteiger partial charge in [0, 0.05) is 28.5 Å². The average molecular weight is 554 g/mol. The molecule has 202 valence electrons. The summed E-state index contributed by atoms with van der Waals surface area (Å²) in [6, 6.07) is 36.6. The molecule has 0 fully saturated rings. The third-order valence-electron chi connectivity index (χ3n) is 8.87. The van der Waals surface area contributed by atoms with Gasteiger partial charge in [-0.05, 0) is 99.9 Å². The first-order chi connectivity index (χ1) is 21.3. The fraction of sp³-hybridized carbons (Fsp3) is 0.0263. The minimum atomic E-state index is 0.665. The number of rotatable bonds is 3. The van der Waals surface area contributed by atoms with Crippen molar-refractivity contribution < 1.29 is 8.83 Å². The minimum Gasteiger partial charge on any atom is -0.458 e. The Morgan fingerprint density at radius 3 is 2.47 bits per heavy atom. The van der Waals surface area contributed by atoms with E-state index in [1.807, 2.05) is 24.5 Å². The van der Waals surface area contributed by atoms with E-state index in [0.29, 0.717) is 6.54 Å². The van der Waals surface area contributed by atoms with E-state index in [-0.39, 0.29) is 0 Å². The molecule has 3 aromatic heterocycles. The van der Waals surface area contributed by atoms with Crippen molar-refractivity contribution in [1.29, 1.82) is 0 Å². The lowest BCUT2D eigenvalue weighted by Crippen LogP contribution is -2.11. The number of pyridine rings is 1. The summed E-state index contributed by atoms with van der Waals surface area (Å²) in [5.74, 6) is 0.945. The number of nitrogens with one attached hydrogen (secondary N) is 1. The van der Waals surface area contributed by atoms with Crippen LogP contribution in [0.3, 0.4) is 0 Å². The molecule has 0 bridgehead atoms. The maximum absolute atomic E-state index is 6.37. The molecular weight excluding hydrogens is 530 g/mol. The van der Waals surface area contributed by atoms with Crippen LogP contribution in [0.4, 0.5) is 17.1 Å². The quantitative estimate of drug-likeness (QED) is 0.236. The fourth-order valence-corrected chi connectivity index (χ4v) is 7.07. The monoisotopic (exact) mass is 553 g/mol. The van der Waals surface area contributed by atoms with E-state index in [1.165, 1.54) is 33.0 Å². The molecule has 5 aromatic carbocycles. The summed E-state index contributed by atoms with van der Waals surface area (Å²) in [6.45, 7) is 0.665. The molecule has 1 aliphatic carbocycles. The third-order valence-corrected chi connectivity index (χ3v) is 8.87. The smallest absolute Gasteiger partial charge is 0.153 e. The molecule has 2 aliphatic rings. The van der Waals surface area contributed by atoms with E-state index in [0.717, 1.165) is 61.4 Å². The maximum Gasteiger partial charge on any atom is 0.153 e. The highest BCUT2D eigenvalue weighted by Gasteiger charge is 2.26.